The van der Waals surface area contributed by atoms with E-state index in [9.17, 15) is 10.0 Å². The average Bonchev–Trinajstić information content (AvgIpc) is 2.78. The summed E-state index contributed by atoms with van der Waals surface area (Å²) in [6.07, 6.45) is 0. The van der Waals surface area contributed by atoms with Gasteiger partial charge >= 0.3 is 12.0 Å². The van der Waals surface area contributed by atoms with E-state index in [0.717, 1.165) is 0 Å². The zero-order valence-corrected chi connectivity index (χ0v) is 12.4. The second-order valence-corrected chi connectivity index (χ2v) is 4.67. The summed E-state index contributed by atoms with van der Waals surface area (Å²) >= 11 is 11.8. The standard InChI is InChI=1S/C12H11Cl2N3O4/c1-2-20-10(18)6-21-12-15-11(17(19)16-12)8-4-3-7(13)5-9(8)14/h3-5,19H,2,6H2,1H3. The first-order chi connectivity index (χ1) is 10.0. The van der Waals surface area contributed by atoms with Gasteiger partial charge in [0.1, 0.15) is 0 Å². The zero-order valence-electron chi connectivity index (χ0n) is 10.9. The minimum Gasteiger partial charge on any atom is -0.463 e. The Morgan fingerprint density at radius 2 is 2.19 bits per heavy atom. The number of rotatable bonds is 5. The van der Waals surface area contributed by atoms with E-state index in [2.05, 4.69) is 10.1 Å². The molecule has 2 aromatic rings. The summed E-state index contributed by atoms with van der Waals surface area (Å²) in [7, 11) is 0. The molecule has 0 aliphatic carbocycles. The Bertz CT molecular complexity index is 660. The number of aromatic nitrogens is 3. The van der Waals surface area contributed by atoms with Crippen LogP contribution in [-0.2, 0) is 9.53 Å². The van der Waals surface area contributed by atoms with Crippen molar-refractivity contribution in [2.45, 2.75) is 6.92 Å². The molecule has 1 N–H and O–H groups in total. The third-order valence-electron chi connectivity index (χ3n) is 2.37. The van der Waals surface area contributed by atoms with E-state index in [1.165, 1.54) is 6.07 Å². The first kappa shape index (κ1) is 15.4. The van der Waals surface area contributed by atoms with Gasteiger partial charge in [0.15, 0.2) is 6.61 Å². The molecule has 0 aliphatic rings. The van der Waals surface area contributed by atoms with Gasteiger partial charge in [-0.2, -0.15) is 4.98 Å². The summed E-state index contributed by atoms with van der Waals surface area (Å²) in [6.45, 7) is 1.57. The Balaban J connectivity index is 2.17. The Kier molecular flexibility index (Phi) is 4.87. The summed E-state index contributed by atoms with van der Waals surface area (Å²) in [4.78, 5) is 15.6. The fourth-order valence-electron chi connectivity index (χ4n) is 1.51. The predicted molar refractivity (Wildman–Crippen MR) is 74.8 cm³/mol. The average molecular weight is 332 g/mol. The first-order valence-electron chi connectivity index (χ1n) is 5.91. The molecule has 1 aromatic carbocycles. The molecule has 7 nitrogen and oxygen atoms in total. The Labute approximate surface area is 130 Å². The number of esters is 1. The third kappa shape index (κ3) is 3.77. The lowest BCUT2D eigenvalue weighted by Gasteiger charge is -2.01. The highest BCUT2D eigenvalue weighted by Crippen LogP contribution is 2.29. The molecular formula is C12H11Cl2N3O4. The minimum absolute atomic E-state index is 0.0653. The number of ether oxygens (including phenoxy) is 2. The van der Waals surface area contributed by atoms with E-state index in [-0.39, 0.29) is 25.0 Å². The fraction of sp³-hybridized carbons (Fsp3) is 0.250. The summed E-state index contributed by atoms with van der Waals surface area (Å²) < 4.78 is 9.71. The smallest absolute Gasteiger partial charge is 0.344 e. The molecule has 1 aromatic heterocycles. The fourth-order valence-corrected chi connectivity index (χ4v) is 2.01. The molecule has 0 atom stereocenters. The maximum absolute atomic E-state index is 11.2. The van der Waals surface area contributed by atoms with Crippen molar-refractivity contribution in [3.05, 3.63) is 28.2 Å². The Morgan fingerprint density at radius 3 is 2.86 bits per heavy atom. The van der Waals surface area contributed by atoms with Crippen molar-refractivity contribution in [3.63, 3.8) is 0 Å². The summed E-state index contributed by atoms with van der Waals surface area (Å²) in [5.41, 5.74) is 0.419. The van der Waals surface area contributed by atoms with E-state index in [0.29, 0.717) is 20.5 Å². The number of benzene rings is 1. The lowest BCUT2D eigenvalue weighted by atomic mass is 10.2. The summed E-state index contributed by atoms with van der Waals surface area (Å²) in [5, 5.41) is 14.1. The van der Waals surface area contributed by atoms with Gasteiger partial charge in [0.05, 0.1) is 11.6 Å². The van der Waals surface area contributed by atoms with Gasteiger partial charge in [-0.1, -0.05) is 33.1 Å². The highest BCUT2D eigenvalue weighted by molar-refractivity contribution is 6.36. The molecule has 112 valence electrons. The zero-order chi connectivity index (χ0) is 15.4. The molecule has 0 unspecified atom stereocenters. The summed E-state index contributed by atoms with van der Waals surface area (Å²) in [6, 6.07) is 4.51. The molecule has 0 aliphatic heterocycles. The van der Waals surface area contributed by atoms with Crippen LogP contribution in [0.15, 0.2) is 18.2 Å². The second-order valence-electron chi connectivity index (χ2n) is 3.83. The van der Waals surface area contributed by atoms with Crippen molar-refractivity contribution in [1.82, 2.24) is 14.9 Å². The molecule has 0 radical (unpaired) electrons. The maximum Gasteiger partial charge on any atom is 0.344 e. The Morgan fingerprint density at radius 1 is 1.43 bits per heavy atom. The molecule has 0 spiro atoms. The van der Waals surface area contributed by atoms with E-state index in [1.54, 1.807) is 19.1 Å². The van der Waals surface area contributed by atoms with Crippen LogP contribution in [0, 0.1) is 0 Å². The van der Waals surface area contributed by atoms with Crippen molar-refractivity contribution in [1.29, 1.82) is 0 Å². The monoisotopic (exact) mass is 331 g/mol. The Hall–Kier alpha value is -1.99. The van der Waals surface area contributed by atoms with Gasteiger partial charge in [-0.05, 0) is 25.1 Å². The van der Waals surface area contributed by atoms with E-state index in [1.807, 2.05) is 0 Å². The largest absolute Gasteiger partial charge is 0.463 e. The van der Waals surface area contributed by atoms with Gasteiger partial charge in [-0.15, -0.1) is 0 Å². The third-order valence-corrected chi connectivity index (χ3v) is 2.92. The lowest BCUT2D eigenvalue weighted by molar-refractivity contribution is -0.145. The van der Waals surface area contributed by atoms with Crippen molar-refractivity contribution in [3.8, 4) is 17.4 Å². The molecule has 0 saturated heterocycles. The van der Waals surface area contributed by atoms with Gasteiger partial charge in [0.2, 0.25) is 5.82 Å². The molecule has 1 heterocycles. The van der Waals surface area contributed by atoms with Crippen LogP contribution in [0.2, 0.25) is 10.0 Å². The first-order valence-corrected chi connectivity index (χ1v) is 6.67. The van der Waals surface area contributed by atoms with Gasteiger partial charge in [0.25, 0.3) is 0 Å². The van der Waals surface area contributed by atoms with Crippen LogP contribution in [0.1, 0.15) is 6.92 Å². The maximum atomic E-state index is 11.2. The SMILES string of the molecule is CCOC(=O)COc1nc(-c2ccc(Cl)cc2Cl)n(O)n1. The molecule has 0 amide bonds. The molecule has 0 fully saturated rings. The molecule has 21 heavy (non-hydrogen) atoms. The van der Waals surface area contributed by atoms with Crippen LogP contribution in [-0.4, -0.2) is 39.3 Å². The molecule has 0 saturated carbocycles. The highest BCUT2D eigenvalue weighted by atomic mass is 35.5. The lowest BCUT2D eigenvalue weighted by Crippen LogP contribution is -2.15. The highest BCUT2D eigenvalue weighted by Gasteiger charge is 2.16. The number of hydrogen-bond acceptors (Lipinski definition) is 6. The van der Waals surface area contributed by atoms with Crippen molar-refractivity contribution in [2.75, 3.05) is 13.2 Å². The number of hydrogen-bond donors (Lipinski definition) is 1. The molecule has 0 bridgehead atoms. The van der Waals surface area contributed by atoms with E-state index in [4.69, 9.17) is 32.7 Å². The topological polar surface area (TPSA) is 86.5 Å². The second kappa shape index (κ2) is 6.64. The van der Waals surface area contributed by atoms with Crippen LogP contribution < -0.4 is 4.74 Å². The minimum atomic E-state index is -0.558. The van der Waals surface area contributed by atoms with Gasteiger partial charge < -0.3 is 14.7 Å². The number of carbonyl (C=O) groups is 1. The van der Waals surface area contributed by atoms with Crippen LogP contribution in [0.4, 0.5) is 0 Å². The van der Waals surface area contributed by atoms with Crippen molar-refractivity contribution in [2.24, 2.45) is 0 Å². The van der Waals surface area contributed by atoms with Crippen LogP contribution in [0.5, 0.6) is 6.01 Å². The van der Waals surface area contributed by atoms with Gasteiger partial charge in [0, 0.05) is 10.6 Å². The number of halogens is 2. The number of carbonyl (C=O) groups excluding carboxylic acids is 1. The summed E-state index contributed by atoms with van der Waals surface area (Å²) in [5.74, 6) is -0.492. The van der Waals surface area contributed by atoms with Crippen LogP contribution in [0.25, 0.3) is 11.4 Å². The predicted octanol–water partition coefficient (Wildman–Crippen LogP) is 2.43. The quantitative estimate of drug-likeness (QED) is 0.668. The normalized spacial score (nSPS) is 10.4. The van der Waals surface area contributed by atoms with E-state index >= 15 is 0 Å². The van der Waals surface area contributed by atoms with Crippen molar-refractivity contribution < 1.29 is 19.5 Å². The van der Waals surface area contributed by atoms with Gasteiger partial charge in [-0.25, -0.2) is 4.79 Å². The molecule has 9 heteroatoms. The molecular weight excluding hydrogens is 321 g/mol. The van der Waals surface area contributed by atoms with E-state index < -0.39 is 5.97 Å². The van der Waals surface area contributed by atoms with Crippen LogP contribution in [0.3, 0.4) is 0 Å². The van der Waals surface area contributed by atoms with Crippen LogP contribution >= 0.6 is 23.2 Å². The molecule has 2 rings (SSSR count). The van der Waals surface area contributed by atoms with Crippen molar-refractivity contribution >= 4 is 29.2 Å². The number of nitrogens with zero attached hydrogens (tertiary/aromatic N) is 3. The van der Waals surface area contributed by atoms with Gasteiger partial charge in [-0.3, -0.25) is 0 Å².